The predicted octanol–water partition coefficient (Wildman–Crippen LogP) is 5.75. The number of amides is 1. The number of ether oxygens (including phenoxy) is 3. The third-order valence-electron chi connectivity index (χ3n) is 9.25. The van der Waals surface area contributed by atoms with Gasteiger partial charge in [0.15, 0.2) is 17.6 Å². The molecule has 3 atom stereocenters. The number of esters is 1. The number of anilines is 1. The zero-order chi connectivity index (χ0) is 38.5. The second-order valence-corrected chi connectivity index (χ2v) is 14.7. The van der Waals surface area contributed by atoms with E-state index < -0.39 is 65.5 Å². The predicted molar refractivity (Wildman–Crippen MR) is 192 cm³/mol. The number of aryl methyl sites for hydroxylation is 1. The summed E-state index contributed by atoms with van der Waals surface area (Å²) in [6.45, 7) is 14.1. The lowest BCUT2D eigenvalue weighted by Crippen LogP contribution is -2.55. The number of carbonyl (C=O) groups is 2. The van der Waals surface area contributed by atoms with Crippen LogP contribution in [0.2, 0.25) is 0 Å². The molecule has 282 valence electrons. The van der Waals surface area contributed by atoms with E-state index in [0.717, 1.165) is 10.6 Å². The molecule has 15 heteroatoms. The number of piperazine rings is 1. The van der Waals surface area contributed by atoms with Crippen LogP contribution in [-0.4, -0.2) is 85.6 Å². The van der Waals surface area contributed by atoms with E-state index in [2.05, 4.69) is 9.97 Å². The Balaban J connectivity index is 1.67. The van der Waals surface area contributed by atoms with Crippen LogP contribution in [0.15, 0.2) is 35.3 Å². The highest BCUT2D eigenvalue weighted by Crippen LogP contribution is 2.40. The summed E-state index contributed by atoms with van der Waals surface area (Å²) in [6.07, 6.45) is -1.93. The van der Waals surface area contributed by atoms with Crippen molar-refractivity contribution >= 4 is 28.9 Å². The first kappa shape index (κ1) is 37.6. The van der Waals surface area contributed by atoms with Gasteiger partial charge < -0.3 is 29.1 Å². The van der Waals surface area contributed by atoms with E-state index in [4.69, 9.17) is 19.2 Å². The second kappa shape index (κ2) is 14.3. The van der Waals surface area contributed by atoms with E-state index in [0.29, 0.717) is 5.69 Å². The molecule has 0 radical (unpaired) electrons. The van der Waals surface area contributed by atoms with Crippen molar-refractivity contribution in [2.45, 2.75) is 91.6 Å². The van der Waals surface area contributed by atoms with Gasteiger partial charge in [-0.3, -0.25) is 9.78 Å². The number of aromatic nitrogens is 4. The molecule has 1 amide bonds. The van der Waals surface area contributed by atoms with Gasteiger partial charge in [0.25, 0.3) is 0 Å². The molecule has 3 aromatic heterocycles. The van der Waals surface area contributed by atoms with Crippen molar-refractivity contribution in [3.8, 4) is 22.7 Å². The average Bonchev–Trinajstić information content (AvgIpc) is 3.09. The number of benzene rings is 1. The van der Waals surface area contributed by atoms with Gasteiger partial charge in [0.2, 0.25) is 0 Å². The number of aliphatic hydroxyl groups is 1. The highest BCUT2D eigenvalue weighted by Gasteiger charge is 2.36. The first-order valence-electron chi connectivity index (χ1n) is 17.7. The van der Waals surface area contributed by atoms with Crippen LogP contribution in [0.25, 0.3) is 28.0 Å². The zero-order valence-corrected chi connectivity index (χ0v) is 31.1. The number of pyridine rings is 2. The van der Waals surface area contributed by atoms with E-state index in [9.17, 15) is 19.5 Å². The largest absolute Gasteiger partial charge is 0.490 e. The number of nitrogens with zero attached hydrogens (tertiary/aromatic N) is 6. The van der Waals surface area contributed by atoms with Crippen LogP contribution in [-0.2, 0) is 14.3 Å². The normalized spacial score (nSPS) is 18.9. The third-order valence-corrected chi connectivity index (χ3v) is 9.25. The molecule has 6 rings (SSSR count). The Morgan fingerprint density at radius 2 is 1.87 bits per heavy atom. The number of aliphatic hydroxyl groups excluding tert-OH is 1. The van der Waals surface area contributed by atoms with Crippen molar-refractivity contribution in [3.05, 3.63) is 69.4 Å². The Kier molecular flexibility index (Phi) is 10.2. The Hall–Kier alpha value is -5.18. The molecule has 1 N–H and O–H groups in total. The fourth-order valence-corrected chi connectivity index (χ4v) is 6.69. The monoisotopic (exact) mass is 734 g/mol. The van der Waals surface area contributed by atoms with Crippen LogP contribution in [0.4, 0.5) is 19.4 Å². The van der Waals surface area contributed by atoms with Gasteiger partial charge in [0, 0.05) is 43.9 Å². The summed E-state index contributed by atoms with van der Waals surface area (Å²) in [6, 6.07) is 5.17. The molecule has 0 saturated carbocycles. The van der Waals surface area contributed by atoms with Gasteiger partial charge in [-0.15, -0.1) is 0 Å². The molecule has 2 unspecified atom stereocenters. The number of halogens is 2. The number of fused-ring (bicyclic) bond motifs is 5. The van der Waals surface area contributed by atoms with Crippen molar-refractivity contribution in [1.82, 2.24) is 24.4 Å². The van der Waals surface area contributed by atoms with Gasteiger partial charge >= 0.3 is 17.8 Å². The standard InChI is InChI=1S/C38H44F2N6O7/c1-9-27(48)52-33-22-12-13-41-30(19(2)3)32(22)46-35-23(16-24(39)31(42-35)28-26(51-18-25(33)47)11-10-20(4)29(28)40)34(43-36(46)49)45-15-14-44(17-21(45)5)37(50)53-38(6,7)8/h10-13,16,19,21,25,33,47H,9,14-15,17-18H2,1-8H3/t21-,25?,33?/m0/s1. The van der Waals surface area contributed by atoms with E-state index in [1.807, 2.05) is 20.8 Å². The summed E-state index contributed by atoms with van der Waals surface area (Å²) in [4.78, 5) is 57.5. The maximum absolute atomic E-state index is 16.6. The molecule has 2 bridgehead atoms. The fourth-order valence-electron chi connectivity index (χ4n) is 6.69. The summed E-state index contributed by atoms with van der Waals surface area (Å²) in [5.74, 6) is -2.69. The molecule has 1 aromatic carbocycles. The van der Waals surface area contributed by atoms with Gasteiger partial charge in [-0.25, -0.2) is 27.9 Å². The zero-order valence-electron chi connectivity index (χ0n) is 31.1. The maximum Gasteiger partial charge on any atom is 0.410 e. The molecule has 53 heavy (non-hydrogen) atoms. The Bertz CT molecular complexity index is 2150. The quantitative estimate of drug-likeness (QED) is 0.256. The number of hydrogen-bond donors (Lipinski definition) is 1. The van der Waals surface area contributed by atoms with Gasteiger partial charge in [-0.1, -0.05) is 26.8 Å². The molecular weight excluding hydrogens is 690 g/mol. The Morgan fingerprint density at radius 3 is 2.53 bits per heavy atom. The minimum atomic E-state index is -1.53. The van der Waals surface area contributed by atoms with E-state index in [-0.39, 0.29) is 77.0 Å². The van der Waals surface area contributed by atoms with Gasteiger partial charge in [0.05, 0.1) is 22.3 Å². The van der Waals surface area contributed by atoms with Gasteiger partial charge in [-0.05, 0) is 64.3 Å². The summed E-state index contributed by atoms with van der Waals surface area (Å²) in [5.41, 5.74) is -1.47. The van der Waals surface area contributed by atoms with Crippen LogP contribution in [0.3, 0.4) is 0 Å². The maximum atomic E-state index is 16.6. The van der Waals surface area contributed by atoms with E-state index in [1.165, 1.54) is 31.3 Å². The molecule has 1 saturated heterocycles. The molecular formula is C38H44F2N6O7. The second-order valence-electron chi connectivity index (χ2n) is 14.7. The van der Waals surface area contributed by atoms with Crippen molar-refractivity contribution in [1.29, 1.82) is 0 Å². The molecule has 5 heterocycles. The molecule has 2 aliphatic rings. The Labute approximate surface area is 305 Å². The molecule has 0 aliphatic carbocycles. The summed E-state index contributed by atoms with van der Waals surface area (Å²) in [5, 5.41) is 11.7. The average molecular weight is 735 g/mol. The first-order chi connectivity index (χ1) is 25.0. The topological polar surface area (TPSA) is 149 Å². The van der Waals surface area contributed by atoms with Crippen molar-refractivity contribution in [2.24, 2.45) is 0 Å². The van der Waals surface area contributed by atoms with Crippen molar-refractivity contribution < 1.29 is 37.7 Å². The summed E-state index contributed by atoms with van der Waals surface area (Å²) < 4.78 is 51.2. The minimum absolute atomic E-state index is 0.0163. The van der Waals surface area contributed by atoms with Gasteiger partial charge in [-0.2, -0.15) is 4.98 Å². The third kappa shape index (κ3) is 7.13. The molecule has 1 fully saturated rings. The molecule has 2 aliphatic heterocycles. The lowest BCUT2D eigenvalue weighted by Gasteiger charge is -2.41. The SMILES string of the molecule is CCC(=O)OC1c2ccnc(C(C)C)c2-n2c(=O)nc(N3CCN(C(=O)OC(C)(C)C)C[C@@H]3C)c3cc(F)c(nc32)-c2c(ccc(C)c2F)OCC1O. The number of rotatable bonds is 4. The van der Waals surface area contributed by atoms with Crippen LogP contribution in [0, 0.1) is 18.6 Å². The molecule has 0 spiro atoms. The van der Waals surface area contributed by atoms with E-state index >= 15 is 8.78 Å². The van der Waals surface area contributed by atoms with E-state index in [1.54, 1.807) is 37.5 Å². The lowest BCUT2D eigenvalue weighted by atomic mass is 9.97. The molecule has 13 nitrogen and oxygen atoms in total. The van der Waals surface area contributed by atoms with Crippen LogP contribution >= 0.6 is 0 Å². The summed E-state index contributed by atoms with van der Waals surface area (Å²) >= 11 is 0. The lowest BCUT2D eigenvalue weighted by molar-refractivity contribution is -0.156. The Morgan fingerprint density at radius 1 is 1.13 bits per heavy atom. The highest BCUT2D eigenvalue weighted by molar-refractivity contribution is 5.91. The van der Waals surface area contributed by atoms with Crippen molar-refractivity contribution in [3.63, 3.8) is 0 Å². The van der Waals surface area contributed by atoms with Crippen LogP contribution < -0.4 is 15.3 Å². The summed E-state index contributed by atoms with van der Waals surface area (Å²) in [7, 11) is 0. The number of carbonyl (C=O) groups excluding carboxylic acids is 2. The van der Waals surface area contributed by atoms with Gasteiger partial charge in [0.1, 0.15) is 41.4 Å². The smallest absolute Gasteiger partial charge is 0.410 e. The highest BCUT2D eigenvalue weighted by atomic mass is 19.1. The number of hydrogen-bond acceptors (Lipinski definition) is 11. The van der Waals surface area contributed by atoms with Crippen molar-refractivity contribution in [2.75, 3.05) is 31.1 Å². The first-order valence-corrected chi connectivity index (χ1v) is 17.7. The van der Waals surface area contributed by atoms with Crippen LogP contribution in [0.5, 0.6) is 5.75 Å². The minimum Gasteiger partial charge on any atom is -0.490 e. The molecule has 4 aromatic rings. The van der Waals surface area contributed by atoms with Crippen LogP contribution in [0.1, 0.15) is 83.7 Å². The fraction of sp³-hybridized carbons (Fsp3) is 0.474.